The zero-order valence-electron chi connectivity index (χ0n) is 17.9. The van der Waals surface area contributed by atoms with E-state index in [9.17, 15) is 4.79 Å². The Morgan fingerprint density at radius 1 is 0.765 bits per heavy atom. The number of nitrogens with zero attached hydrogens (tertiary/aromatic N) is 2. The predicted molar refractivity (Wildman–Crippen MR) is 138 cm³/mol. The van der Waals surface area contributed by atoms with Crippen molar-refractivity contribution < 1.29 is 9.53 Å². The molecule has 0 N–H and O–H groups in total. The summed E-state index contributed by atoms with van der Waals surface area (Å²) in [6, 6.07) is 31.5. The summed E-state index contributed by atoms with van der Waals surface area (Å²) in [5, 5.41) is 0.878. The van der Waals surface area contributed by atoms with Crippen molar-refractivity contribution in [3.8, 4) is 11.5 Å². The normalized spacial score (nSPS) is 14.4. The molecule has 4 aromatic carbocycles. The molecule has 0 unspecified atom stereocenters. The maximum absolute atomic E-state index is 13.5. The topological polar surface area (TPSA) is 41.9 Å². The highest BCUT2D eigenvalue weighted by atomic mass is 35.5. The maximum Gasteiger partial charge on any atom is 0.282 e. The molecule has 4 nitrogen and oxygen atoms in total. The number of aliphatic imine (C=N–C) groups is 1. The predicted octanol–water partition coefficient (Wildman–Crippen LogP) is 7.62. The minimum absolute atomic E-state index is 0.284. The Morgan fingerprint density at radius 3 is 2.24 bits per heavy atom. The number of carbonyl (C=O) groups is 1. The lowest BCUT2D eigenvalue weighted by molar-refractivity contribution is -0.113. The van der Waals surface area contributed by atoms with Crippen LogP contribution >= 0.6 is 23.2 Å². The third kappa shape index (κ3) is 4.60. The van der Waals surface area contributed by atoms with E-state index in [4.69, 9.17) is 27.9 Å². The first kappa shape index (κ1) is 22.0. The average molecular weight is 485 g/mol. The number of ether oxygens (including phenoxy) is 1. The highest BCUT2D eigenvalue weighted by Crippen LogP contribution is 2.35. The molecule has 0 bridgehead atoms. The van der Waals surface area contributed by atoms with E-state index in [0.29, 0.717) is 27.3 Å². The number of benzene rings is 4. The Bertz CT molecular complexity index is 1420. The third-order valence-corrected chi connectivity index (χ3v) is 5.74. The summed E-state index contributed by atoms with van der Waals surface area (Å²) < 4.78 is 5.93. The zero-order chi connectivity index (χ0) is 23.5. The summed E-state index contributed by atoms with van der Waals surface area (Å²) in [5.74, 6) is 1.58. The average Bonchev–Trinajstić information content (AvgIpc) is 3.17. The minimum Gasteiger partial charge on any atom is -0.457 e. The van der Waals surface area contributed by atoms with Crippen LogP contribution in [0.3, 0.4) is 0 Å². The van der Waals surface area contributed by atoms with Gasteiger partial charge in [-0.05, 0) is 54.1 Å². The lowest BCUT2D eigenvalue weighted by Crippen LogP contribution is -2.32. The summed E-state index contributed by atoms with van der Waals surface area (Å²) >= 11 is 12.7. The van der Waals surface area contributed by atoms with Gasteiger partial charge in [0, 0.05) is 10.6 Å². The van der Waals surface area contributed by atoms with E-state index in [1.165, 1.54) is 4.90 Å². The van der Waals surface area contributed by atoms with Crippen LogP contribution in [-0.2, 0) is 4.79 Å². The Labute approximate surface area is 207 Å². The van der Waals surface area contributed by atoms with E-state index in [1.54, 1.807) is 24.3 Å². The molecule has 0 fully saturated rings. The molecule has 0 aliphatic carbocycles. The van der Waals surface area contributed by atoms with Crippen LogP contribution < -0.4 is 9.64 Å². The summed E-state index contributed by atoms with van der Waals surface area (Å²) in [4.78, 5) is 19.7. The minimum atomic E-state index is -0.294. The van der Waals surface area contributed by atoms with Gasteiger partial charge in [-0.2, -0.15) is 0 Å². The maximum atomic E-state index is 13.5. The number of hydrogen-bond donors (Lipinski definition) is 0. The first-order valence-corrected chi connectivity index (χ1v) is 11.3. The van der Waals surface area contributed by atoms with E-state index < -0.39 is 0 Å². The van der Waals surface area contributed by atoms with Gasteiger partial charge in [0.05, 0.1) is 10.7 Å². The Morgan fingerprint density at radius 2 is 1.47 bits per heavy atom. The molecule has 166 valence electrons. The van der Waals surface area contributed by atoms with E-state index >= 15 is 0 Å². The fourth-order valence-corrected chi connectivity index (χ4v) is 4.00. The van der Waals surface area contributed by atoms with Crippen molar-refractivity contribution in [3.05, 3.63) is 130 Å². The van der Waals surface area contributed by atoms with Crippen molar-refractivity contribution in [2.45, 2.75) is 0 Å². The summed E-state index contributed by atoms with van der Waals surface area (Å²) in [5.41, 5.74) is 2.33. The van der Waals surface area contributed by atoms with Crippen molar-refractivity contribution in [1.82, 2.24) is 0 Å². The quantitative estimate of drug-likeness (QED) is 0.273. The molecule has 6 heteroatoms. The van der Waals surface area contributed by atoms with Gasteiger partial charge in [-0.25, -0.2) is 4.99 Å². The highest BCUT2D eigenvalue weighted by molar-refractivity contribution is 6.40. The molecular weight excluding hydrogens is 467 g/mol. The SMILES string of the molecule is O=C1C(=Cc2cccc(Oc3ccccc3)c2)N=C(c2ccccc2)N1c1cc(Cl)ccc1Cl. The van der Waals surface area contributed by atoms with Crippen LogP contribution in [0.2, 0.25) is 10.0 Å². The molecule has 1 amide bonds. The van der Waals surface area contributed by atoms with Crippen LogP contribution in [0.1, 0.15) is 11.1 Å². The third-order valence-electron chi connectivity index (χ3n) is 5.18. The van der Waals surface area contributed by atoms with Gasteiger partial charge in [-0.1, -0.05) is 83.9 Å². The second-order valence-electron chi connectivity index (χ2n) is 7.55. The van der Waals surface area contributed by atoms with E-state index in [0.717, 1.165) is 16.9 Å². The van der Waals surface area contributed by atoms with Gasteiger partial charge in [-0.15, -0.1) is 0 Å². The molecule has 1 heterocycles. The fourth-order valence-electron chi connectivity index (χ4n) is 3.63. The number of halogens is 2. The van der Waals surface area contributed by atoms with Gasteiger partial charge in [-0.3, -0.25) is 9.69 Å². The van der Waals surface area contributed by atoms with Crippen molar-refractivity contribution in [2.75, 3.05) is 4.90 Å². The Kier molecular flexibility index (Phi) is 6.17. The van der Waals surface area contributed by atoms with Gasteiger partial charge >= 0.3 is 0 Å². The number of hydrogen-bond acceptors (Lipinski definition) is 3. The molecule has 0 atom stereocenters. The summed E-state index contributed by atoms with van der Waals surface area (Å²) in [6.45, 7) is 0. The Hall–Kier alpha value is -3.86. The van der Waals surface area contributed by atoms with Crippen LogP contribution in [0.5, 0.6) is 11.5 Å². The van der Waals surface area contributed by atoms with Crippen molar-refractivity contribution >= 4 is 46.7 Å². The van der Waals surface area contributed by atoms with E-state index in [1.807, 2.05) is 84.9 Å². The largest absolute Gasteiger partial charge is 0.457 e. The molecule has 0 saturated heterocycles. The molecular formula is C28H18Cl2N2O2. The molecule has 0 saturated carbocycles. The number of carbonyl (C=O) groups excluding carboxylic acids is 1. The molecule has 1 aliphatic heterocycles. The number of amidine groups is 1. The molecule has 0 spiro atoms. The lowest BCUT2D eigenvalue weighted by atomic mass is 10.1. The van der Waals surface area contributed by atoms with Crippen LogP contribution in [-0.4, -0.2) is 11.7 Å². The number of amides is 1. The van der Waals surface area contributed by atoms with Crippen LogP contribution in [0.15, 0.2) is 114 Å². The number of para-hydroxylation sites is 1. The molecule has 5 rings (SSSR count). The molecule has 0 aromatic heterocycles. The van der Waals surface area contributed by atoms with Gasteiger partial charge < -0.3 is 4.74 Å². The van der Waals surface area contributed by atoms with Gasteiger partial charge in [0.15, 0.2) is 0 Å². The first-order chi connectivity index (χ1) is 16.6. The van der Waals surface area contributed by atoms with Gasteiger partial charge in [0.25, 0.3) is 5.91 Å². The molecule has 0 radical (unpaired) electrons. The van der Waals surface area contributed by atoms with Gasteiger partial charge in [0.1, 0.15) is 23.0 Å². The molecule has 34 heavy (non-hydrogen) atoms. The lowest BCUT2D eigenvalue weighted by Gasteiger charge is -2.20. The highest BCUT2D eigenvalue weighted by Gasteiger charge is 2.33. The smallest absolute Gasteiger partial charge is 0.282 e. The fraction of sp³-hybridized carbons (Fsp3) is 0. The van der Waals surface area contributed by atoms with Crippen molar-refractivity contribution in [2.24, 2.45) is 4.99 Å². The number of rotatable bonds is 5. The molecule has 1 aliphatic rings. The van der Waals surface area contributed by atoms with Crippen LogP contribution in [0.25, 0.3) is 6.08 Å². The standard InChI is InChI=1S/C28H18Cl2N2O2/c29-21-14-15-24(30)26(18-21)32-27(20-9-3-1-4-10-20)31-25(28(32)33)17-19-8-7-13-23(16-19)34-22-11-5-2-6-12-22/h1-18H. The Balaban J connectivity index is 1.54. The number of anilines is 1. The summed E-state index contributed by atoms with van der Waals surface area (Å²) in [7, 11) is 0. The van der Waals surface area contributed by atoms with E-state index in [-0.39, 0.29) is 11.6 Å². The first-order valence-electron chi connectivity index (χ1n) is 10.6. The second-order valence-corrected chi connectivity index (χ2v) is 8.40. The van der Waals surface area contributed by atoms with Crippen molar-refractivity contribution in [1.29, 1.82) is 0 Å². The van der Waals surface area contributed by atoms with Crippen LogP contribution in [0, 0.1) is 0 Å². The second kappa shape index (κ2) is 9.56. The van der Waals surface area contributed by atoms with Crippen LogP contribution in [0.4, 0.5) is 5.69 Å². The van der Waals surface area contributed by atoms with Crippen molar-refractivity contribution in [3.63, 3.8) is 0 Å². The monoisotopic (exact) mass is 484 g/mol. The summed E-state index contributed by atoms with van der Waals surface area (Å²) in [6.07, 6.45) is 1.74. The zero-order valence-corrected chi connectivity index (χ0v) is 19.4. The van der Waals surface area contributed by atoms with Gasteiger partial charge in [0.2, 0.25) is 0 Å². The molecule has 4 aromatic rings. The van der Waals surface area contributed by atoms with E-state index in [2.05, 4.69) is 4.99 Å².